The SMILES string of the molecule is CC1CC2CCN1CC2NC(=O)c1ccc(Oc2ccnc(Cl)c2)cc1. The number of piperidine rings is 3. The minimum absolute atomic E-state index is 0.0186. The second kappa shape index (κ2) is 7.25. The van der Waals surface area contributed by atoms with E-state index in [0.29, 0.717) is 34.2 Å². The monoisotopic (exact) mass is 371 g/mol. The molecule has 1 aromatic heterocycles. The Morgan fingerprint density at radius 3 is 2.73 bits per heavy atom. The predicted molar refractivity (Wildman–Crippen MR) is 101 cm³/mol. The summed E-state index contributed by atoms with van der Waals surface area (Å²) in [5, 5.41) is 3.60. The zero-order valence-electron chi connectivity index (χ0n) is 14.7. The zero-order valence-corrected chi connectivity index (χ0v) is 15.4. The highest BCUT2D eigenvalue weighted by Gasteiger charge is 2.38. The minimum atomic E-state index is -0.0186. The Morgan fingerprint density at radius 2 is 2.08 bits per heavy atom. The van der Waals surface area contributed by atoms with E-state index in [9.17, 15) is 4.79 Å². The molecule has 0 spiro atoms. The summed E-state index contributed by atoms with van der Waals surface area (Å²) in [6.07, 6.45) is 3.94. The van der Waals surface area contributed by atoms with E-state index in [4.69, 9.17) is 16.3 Å². The number of hydrogen-bond donors (Lipinski definition) is 1. The third kappa shape index (κ3) is 3.69. The molecule has 136 valence electrons. The lowest BCUT2D eigenvalue weighted by Gasteiger charge is -2.48. The highest BCUT2D eigenvalue weighted by Crippen LogP contribution is 2.32. The van der Waals surface area contributed by atoms with Gasteiger partial charge in [-0.15, -0.1) is 0 Å². The number of benzene rings is 1. The molecule has 1 amide bonds. The summed E-state index contributed by atoms with van der Waals surface area (Å²) < 4.78 is 5.73. The predicted octanol–water partition coefficient (Wildman–Crippen LogP) is 3.74. The third-order valence-electron chi connectivity index (χ3n) is 5.42. The Morgan fingerprint density at radius 1 is 1.27 bits per heavy atom. The maximum atomic E-state index is 12.6. The molecule has 3 aliphatic heterocycles. The van der Waals surface area contributed by atoms with Crippen molar-refractivity contribution in [2.75, 3.05) is 13.1 Å². The van der Waals surface area contributed by atoms with Gasteiger partial charge < -0.3 is 10.1 Å². The number of amides is 1. The lowest BCUT2D eigenvalue weighted by Crippen LogP contribution is -2.60. The van der Waals surface area contributed by atoms with Gasteiger partial charge in [-0.3, -0.25) is 9.69 Å². The Kier molecular flexibility index (Phi) is 4.83. The molecule has 26 heavy (non-hydrogen) atoms. The van der Waals surface area contributed by atoms with Crippen LogP contribution in [0.25, 0.3) is 0 Å². The van der Waals surface area contributed by atoms with Crippen LogP contribution in [0.4, 0.5) is 0 Å². The lowest BCUT2D eigenvalue weighted by molar-refractivity contribution is 0.0274. The van der Waals surface area contributed by atoms with Gasteiger partial charge in [-0.05, 0) is 62.6 Å². The maximum absolute atomic E-state index is 12.6. The van der Waals surface area contributed by atoms with E-state index in [-0.39, 0.29) is 11.9 Å². The van der Waals surface area contributed by atoms with E-state index in [1.54, 1.807) is 42.6 Å². The zero-order chi connectivity index (χ0) is 18.1. The lowest BCUT2D eigenvalue weighted by atomic mass is 9.80. The van der Waals surface area contributed by atoms with Crippen molar-refractivity contribution in [3.05, 3.63) is 53.3 Å². The number of hydrogen-bond acceptors (Lipinski definition) is 4. The van der Waals surface area contributed by atoms with Crippen molar-refractivity contribution in [3.8, 4) is 11.5 Å². The largest absolute Gasteiger partial charge is 0.457 e. The highest BCUT2D eigenvalue weighted by molar-refractivity contribution is 6.29. The van der Waals surface area contributed by atoms with E-state index in [1.807, 2.05) is 0 Å². The average Bonchev–Trinajstić information content (AvgIpc) is 2.63. The second-order valence-electron chi connectivity index (χ2n) is 7.15. The molecule has 3 fully saturated rings. The van der Waals surface area contributed by atoms with Crippen LogP contribution in [-0.4, -0.2) is 41.0 Å². The first-order chi connectivity index (χ1) is 12.6. The molecule has 6 heteroatoms. The topological polar surface area (TPSA) is 54.5 Å². The van der Waals surface area contributed by atoms with Crippen LogP contribution in [0.15, 0.2) is 42.6 Å². The smallest absolute Gasteiger partial charge is 0.251 e. The Hall–Kier alpha value is -2.11. The van der Waals surface area contributed by atoms with Gasteiger partial charge in [0.1, 0.15) is 16.7 Å². The van der Waals surface area contributed by atoms with Gasteiger partial charge in [0.2, 0.25) is 0 Å². The number of halogens is 1. The van der Waals surface area contributed by atoms with E-state index in [2.05, 4.69) is 22.1 Å². The van der Waals surface area contributed by atoms with Crippen molar-refractivity contribution >= 4 is 17.5 Å². The fourth-order valence-electron chi connectivity index (χ4n) is 3.97. The molecule has 2 bridgehead atoms. The molecular weight excluding hydrogens is 350 g/mol. The standard InChI is InChI=1S/C20H22ClN3O2/c1-13-10-15-7-9-24(13)12-18(15)23-20(25)14-2-4-16(5-3-14)26-17-6-8-22-19(21)11-17/h2-6,8,11,13,15,18H,7,9-10,12H2,1H3,(H,23,25). The molecule has 5 nitrogen and oxygen atoms in total. The van der Waals surface area contributed by atoms with Gasteiger partial charge in [0.15, 0.2) is 0 Å². The number of nitrogens with one attached hydrogen (secondary N) is 1. The summed E-state index contributed by atoms with van der Waals surface area (Å²) in [4.78, 5) is 19.0. The van der Waals surface area contributed by atoms with Crippen molar-refractivity contribution in [1.29, 1.82) is 0 Å². The van der Waals surface area contributed by atoms with Gasteiger partial charge in [0.05, 0.1) is 0 Å². The third-order valence-corrected chi connectivity index (χ3v) is 5.63. The van der Waals surface area contributed by atoms with E-state index in [1.165, 1.54) is 12.8 Å². The molecule has 0 radical (unpaired) electrons. The molecular formula is C20H22ClN3O2. The summed E-state index contributed by atoms with van der Waals surface area (Å²) in [7, 11) is 0. The summed E-state index contributed by atoms with van der Waals surface area (Å²) in [5.41, 5.74) is 0.648. The quantitative estimate of drug-likeness (QED) is 0.832. The molecule has 0 aliphatic carbocycles. The van der Waals surface area contributed by atoms with Gasteiger partial charge in [0, 0.05) is 36.5 Å². The summed E-state index contributed by atoms with van der Waals surface area (Å²) in [6.45, 7) is 4.39. The van der Waals surface area contributed by atoms with Gasteiger partial charge in [-0.25, -0.2) is 4.98 Å². The number of carbonyl (C=O) groups is 1. The molecule has 3 saturated heterocycles. The average molecular weight is 372 g/mol. The maximum Gasteiger partial charge on any atom is 0.251 e. The minimum Gasteiger partial charge on any atom is -0.457 e. The normalized spacial score (nSPS) is 27.2. The van der Waals surface area contributed by atoms with E-state index in [0.717, 1.165) is 13.1 Å². The van der Waals surface area contributed by atoms with Crippen molar-refractivity contribution < 1.29 is 9.53 Å². The van der Waals surface area contributed by atoms with Crippen LogP contribution in [0.5, 0.6) is 11.5 Å². The molecule has 0 saturated carbocycles. The van der Waals surface area contributed by atoms with E-state index >= 15 is 0 Å². The Labute approximate surface area is 158 Å². The molecule has 3 aliphatic rings. The first-order valence-corrected chi connectivity index (χ1v) is 9.40. The number of rotatable bonds is 4. The van der Waals surface area contributed by atoms with Crippen LogP contribution in [0.1, 0.15) is 30.1 Å². The van der Waals surface area contributed by atoms with Crippen molar-refractivity contribution in [1.82, 2.24) is 15.2 Å². The van der Waals surface area contributed by atoms with Crippen LogP contribution in [-0.2, 0) is 0 Å². The number of pyridine rings is 1. The number of aromatic nitrogens is 1. The van der Waals surface area contributed by atoms with E-state index < -0.39 is 0 Å². The summed E-state index contributed by atoms with van der Waals surface area (Å²) in [5.74, 6) is 1.84. The summed E-state index contributed by atoms with van der Waals surface area (Å²) >= 11 is 5.86. The molecule has 4 atom stereocenters. The first kappa shape index (κ1) is 17.3. The number of carbonyl (C=O) groups excluding carboxylic acids is 1. The van der Waals surface area contributed by atoms with Gasteiger partial charge >= 0.3 is 0 Å². The number of ether oxygens (including phenoxy) is 1. The van der Waals surface area contributed by atoms with Crippen LogP contribution in [0.3, 0.4) is 0 Å². The first-order valence-electron chi connectivity index (χ1n) is 9.03. The second-order valence-corrected chi connectivity index (χ2v) is 7.54. The number of nitrogens with zero attached hydrogens (tertiary/aromatic N) is 2. The van der Waals surface area contributed by atoms with Gasteiger partial charge in [0.25, 0.3) is 5.91 Å². The van der Waals surface area contributed by atoms with Crippen LogP contribution in [0, 0.1) is 5.92 Å². The van der Waals surface area contributed by atoms with Crippen LogP contribution < -0.4 is 10.1 Å². The summed E-state index contributed by atoms with van der Waals surface area (Å²) in [6, 6.07) is 11.4. The molecule has 4 unspecified atom stereocenters. The molecule has 1 aromatic carbocycles. The number of fused-ring (bicyclic) bond motifs is 3. The molecule has 4 heterocycles. The van der Waals surface area contributed by atoms with Crippen molar-refractivity contribution in [3.63, 3.8) is 0 Å². The molecule has 5 rings (SSSR count). The van der Waals surface area contributed by atoms with Crippen molar-refractivity contribution in [2.45, 2.75) is 31.8 Å². The van der Waals surface area contributed by atoms with Gasteiger partial charge in [-0.2, -0.15) is 0 Å². The van der Waals surface area contributed by atoms with Crippen molar-refractivity contribution in [2.24, 2.45) is 5.92 Å². The van der Waals surface area contributed by atoms with Crippen LogP contribution in [0.2, 0.25) is 5.15 Å². The highest BCUT2D eigenvalue weighted by atomic mass is 35.5. The Balaban J connectivity index is 1.38. The fourth-order valence-corrected chi connectivity index (χ4v) is 4.13. The van der Waals surface area contributed by atoms with Gasteiger partial charge in [-0.1, -0.05) is 11.6 Å². The van der Waals surface area contributed by atoms with Crippen LogP contribution >= 0.6 is 11.6 Å². The molecule has 2 aromatic rings. The molecule has 1 N–H and O–H groups in total. The Bertz CT molecular complexity index is 796. The fraction of sp³-hybridized carbons (Fsp3) is 0.400.